The Morgan fingerprint density at radius 2 is 1.90 bits per heavy atom. The van der Waals surface area contributed by atoms with Crippen molar-refractivity contribution in [2.75, 3.05) is 29.4 Å². The lowest BCUT2D eigenvalue weighted by atomic mass is 9.68. The summed E-state index contributed by atoms with van der Waals surface area (Å²) in [7, 11) is 0. The number of cyclic esters (lactones) is 1. The van der Waals surface area contributed by atoms with E-state index in [4.69, 9.17) is 4.74 Å². The summed E-state index contributed by atoms with van der Waals surface area (Å²) < 4.78 is 20.8. The second-order valence-electron chi connectivity index (χ2n) is 10.5. The van der Waals surface area contributed by atoms with E-state index in [0.717, 1.165) is 12.1 Å². The minimum Gasteiger partial charge on any atom is -0.442 e. The number of urea groups is 1. The van der Waals surface area contributed by atoms with Gasteiger partial charge in [0, 0.05) is 24.2 Å². The normalized spacial score (nSPS) is 22.9. The second-order valence-corrected chi connectivity index (χ2v) is 10.5. The van der Waals surface area contributed by atoms with E-state index in [1.807, 2.05) is 11.0 Å². The molecule has 0 saturated carbocycles. The zero-order valence-electron chi connectivity index (χ0n) is 21.8. The van der Waals surface area contributed by atoms with Crippen molar-refractivity contribution in [3.63, 3.8) is 0 Å². The smallest absolute Gasteiger partial charge is 0.414 e. The molecule has 2 aromatic carbocycles. The van der Waals surface area contributed by atoms with Gasteiger partial charge in [-0.2, -0.15) is 0 Å². The quantitative estimate of drug-likeness (QED) is 0.487. The molecular formula is C28H28FN5O6. The third-order valence-corrected chi connectivity index (χ3v) is 8.24. The molecule has 3 N–H and O–H groups in total. The number of hydrogen-bond donors (Lipinski definition) is 3. The molecule has 3 fully saturated rings. The van der Waals surface area contributed by atoms with Crippen molar-refractivity contribution in [3.8, 4) is 11.1 Å². The maximum Gasteiger partial charge on any atom is 0.414 e. The van der Waals surface area contributed by atoms with E-state index in [2.05, 4.69) is 16.0 Å². The molecule has 0 bridgehead atoms. The third-order valence-electron chi connectivity index (χ3n) is 8.24. The van der Waals surface area contributed by atoms with Crippen LogP contribution in [0.5, 0.6) is 0 Å². The lowest BCUT2D eigenvalue weighted by Crippen LogP contribution is -2.70. The van der Waals surface area contributed by atoms with Gasteiger partial charge >= 0.3 is 12.1 Å². The summed E-state index contributed by atoms with van der Waals surface area (Å²) in [6.45, 7) is 2.73. The van der Waals surface area contributed by atoms with Gasteiger partial charge in [0.25, 0.3) is 0 Å². The molecule has 3 saturated heterocycles. The van der Waals surface area contributed by atoms with Crippen LogP contribution in [-0.4, -0.2) is 61.6 Å². The number of anilines is 2. The van der Waals surface area contributed by atoms with Crippen molar-refractivity contribution >= 4 is 41.2 Å². The molecule has 208 valence electrons. The number of carbonyl (C=O) groups is 5. The van der Waals surface area contributed by atoms with Crippen LogP contribution in [0.2, 0.25) is 0 Å². The van der Waals surface area contributed by atoms with Gasteiger partial charge in [-0.3, -0.25) is 29.9 Å². The van der Waals surface area contributed by atoms with Crippen molar-refractivity contribution in [1.82, 2.24) is 16.0 Å². The van der Waals surface area contributed by atoms with Crippen molar-refractivity contribution in [2.24, 2.45) is 5.41 Å². The lowest BCUT2D eigenvalue weighted by molar-refractivity contribution is -0.146. The summed E-state index contributed by atoms with van der Waals surface area (Å²) in [6.07, 6.45) is 0.666. The lowest BCUT2D eigenvalue weighted by Gasteiger charge is -2.47. The molecular weight excluding hydrogens is 521 g/mol. The first-order chi connectivity index (χ1) is 19.2. The molecule has 12 heteroatoms. The van der Waals surface area contributed by atoms with E-state index in [1.165, 1.54) is 11.0 Å². The van der Waals surface area contributed by atoms with E-state index < -0.39 is 41.3 Å². The molecule has 4 aliphatic rings. The number of hydrogen-bond acceptors (Lipinski definition) is 7. The van der Waals surface area contributed by atoms with Crippen LogP contribution < -0.4 is 25.8 Å². The number of carbonyl (C=O) groups excluding carboxylic acids is 5. The largest absolute Gasteiger partial charge is 0.442 e. The Morgan fingerprint density at radius 1 is 1.12 bits per heavy atom. The minimum atomic E-state index is -1.46. The van der Waals surface area contributed by atoms with E-state index in [9.17, 15) is 24.0 Å². The molecule has 2 atom stereocenters. The standard InChI is InChI=1S/C28H28FN5O6/c1-2-23(35)30-13-18-14-34(27(39)40-18)17-6-7-19(20(29)11-17)15-5-8-21-16(10-15)12-28(22-4-3-9-33(21)22)24(36)31-26(38)32-25(28)37/h5-8,10-11,18,22H,2-4,9,12-14H2,1H3,(H,30,35)(H2,31,32,36,37,38)/t18-,22?/m0/s1. The van der Waals surface area contributed by atoms with E-state index in [0.29, 0.717) is 36.2 Å². The Morgan fingerprint density at radius 3 is 2.62 bits per heavy atom. The number of nitrogens with zero attached hydrogens (tertiary/aromatic N) is 2. The Balaban J connectivity index is 1.27. The molecule has 11 nitrogen and oxygen atoms in total. The van der Waals surface area contributed by atoms with Crippen LogP contribution in [0.4, 0.5) is 25.4 Å². The van der Waals surface area contributed by atoms with Crippen LogP contribution in [0.3, 0.4) is 0 Å². The first kappa shape index (κ1) is 25.8. The Bertz CT molecular complexity index is 1440. The predicted molar refractivity (Wildman–Crippen MR) is 141 cm³/mol. The number of halogens is 1. The van der Waals surface area contributed by atoms with Crippen LogP contribution in [0.25, 0.3) is 11.1 Å². The highest BCUT2D eigenvalue weighted by molar-refractivity contribution is 6.20. The van der Waals surface area contributed by atoms with Crippen LogP contribution in [-0.2, 0) is 25.5 Å². The van der Waals surface area contributed by atoms with E-state index in [-0.39, 0.29) is 37.0 Å². The number of nitrogens with one attached hydrogen (secondary N) is 3. The molecule has 6 rings (SSSR count). The van der Waals surface area contributed by atoms with Gasteiger partial charge < -0.3 is 15.0 Å². The van der Waals surface area contributed by atoms with Gasteiger partial charge in [0.1, 0.15) is 11.9 Å². The Hall–Kier alpha value is -4.48. The summed E-state index contributed by atoms with van der Waals surface area (Å²) in [4.78, 5) is 65.3. The van der Waals surface area contributed by atoms with Crippen molar-refractivity contribution in [1.29, 1.82) is 0 Å². The van der Waals surface area contributed by atoms with E-state index >= 15 is 4.39 Å². The highest BCUT2D eigenvalue weighted by atomic mass is 19.1. The van der Waals surface area contributed by atoms with Gasteiger partial charge in [-0.05, 0) is 60.7 Å². The van der Waals surface area contributed by atoms with Gasteiger partial charge in [-0.1, -0.05) is 13.0 Å². The molecule has 4 heterocycles. The molecule has 2 aromatic rings. The van der Waals surface area contributed by atoms with Gasteiger partial charge in [0.2, 0.25) is 17.7 Å². The average molecular weight is 550 g/mol. The fourth-order valence-corrected chi connectivity index (χ4v) is 6.28. The van der Waals surface area contributed by atoms with Crippen LogP contribution in [0.1, 0.15) is 31.7 Å². The Labute approximate surface area is 229 Å². The molecule has 0 aromatic heterocycles. The molecule has 1 spiro atoms. The topological polar surface area (TPSA) is 137 Å². The molecule has 40 heavy (non-hydrogen) atoms. The predicted octanol–water partition coefficient (Wildman–Crippen LogP) is 2.22. The highest BCUT2D eigenvalue weighted by Gasteiger charge is 2.60. The number of rotatable bonds is 5. The van der Waals surface area contributed by atoms with Gasteiger partial charge in [0.05, 0.1) is 24.8 Å². The molecule has 6 amide bonds. The number of imide groups is 2. The van der Waals surface area contributed by atoms with Crippen molar-refractivity contribution in [2.45, 2.75) is 44.8 Å². The monoisotopic (exact) mass is 549 g/mol. The van der Waals surface area contributed by atoms with Gasteiger partial charge in [0.15, 0.2) is 5.41 Å². The van der Waals surface area contributed by atoms with Crippen molar-refractivity contribution in [3.05, 3.63) is 47.8 Å². The molecule has 4 aliphatic heterocycles. The maximum absolute atomic E-state index is 15.5. The van der Waals surface area contributed by atoms with E-state index in [1.54, 1.807) is 31.2 Å². The fraction of sp³-hybridized carbons (Fsp3) is 0.393. The number of fused-ring (bicyclic) bond motifs is 4. The van der Waals surface area contributed by atoms with Gasteiger partial charge in [-0.15, -0.1) is 0 Å². The SMILES string of the molecule is CCC(=O)NC[C@H]1CN(c2ccc(-c3ccc4c(c3)CC3(C(=O)NC(=O)NC3=O)C3CCCN43)c(F)c2)C(=O)O1. The zero-order valence-corrected chi connectivity index (χ0v) is 21.8. The second kappa shape index (κ2) is 9.61. The first-order valence-electron chi connectivity index (χ1n) is 13.3. The average Bonchev–Trinajstić information content (AvgIpc) is 3.57. The Kier molecular flexibility index (Phi) is 6.20. The summed E-state index contributed by atoms with van der Waals surface area (Å²) >= 11 is 0. The zero-order chi connectivity index (χ0) is 28.2. The number of barbiturate groups is 1. The third kappa shape index (κ3) is 4.05. The first-order valence-corrected chi connectivity index (χ1v) is 13.3. The number of benzene rings is 2. The molecule has 0 radical (unpaired) electrons. The summed E-state index contributed by atoms with van der Waals surface area (Å²) in [5.74, 6) is -1.94. The maximum atomic E-state index is 15.5. The number of ether oxygens (including phenoxy) is 1. The minimum absolute atomic E-state index is 0.0809. The van der Waals surface area contributed by atoms with Crippen LogP contribution in [0, 0.1) is 11.2 Å². The van der Waals surface area contributed by atoms with Crippen molar-refractivity contribution < 1.29 is 33.1 Å². The number of amides is 6. The fourth-order valence-electron chi connectivity index (χ4n) is 6.28. The summed E-state index contributed by atoms with van der Waals surface area (Å²) in [5.41, 5.74) is 1.30. The van der Waals surface area contributed by atoms with Crippen LogP contribution >= 0.6 is 0 Å². The summed E-state index contributed by atoms with van der Waals surface area (Å²) in [5, 5.41) is 7.22. The van der Waals surface area contributed by atoms with Crippen LogP contribution in [0.15, 0.2) is 36.4 Å². The van der Waals surface area contributed by atoms with Gasteiger partial charge in [-0.25, -0.2) is 14.0 Å². The molecule has 1 unspecified atom stereocenters. The molecule has 0 aliphatic carbocycles. The highest BCUT2D eigenvalue weighted by Crippen LogP contribution is 2.48. The summed E-state index contributed by atoms with van der Waals surface area (Å²) in [6, 6.07) is 8.69.